The second-order valence-corrected chi connectivity index (χ2v) is 7.37. The molecular weight excluding hydrogens is 358 g/mol. The highest BCUT2D eigenvalue weighted by molar-refractivity contribution is 6.05. The van der Waals surface area contributed by atoms with E-state index in [-0.39, 0.29) is 25.2 Å². The van der Waals surface area contributed by atoms with Gasteiger partial charge >= 0.3 is 5.63 Å². The van der Waals surface area contributed by atoms with E-state index >= 15 is 0 Å². The number of rotatable bonds is 7. The third kappa shape index (κ3) is 4.17. The summed E-state index contributed by atoms with van der Waals surface area (Å²) in [6.07, 6.45) is 0.690. The molecule has 1 unspecified atom stereocenters. The first-order chi connectivity index (χ1) is 13.4. The number of carbonyl (C=O) groups is 1. The average Bonchev–Trinajstić information content (AvgIpc) is 2.67. The number of amides is 1. The molecule has 6 heteroatoms. The van der Waals surface area contributed by atoms with E-state index in [0.29, 0.717) is 34.6 Å². The Morgan fingerprint density at radius 1 is 1.14 bits per heavy atom. The Balaban J connectivity index is 1.81. The zero-order chi connectivity index (χ0) is 20.3. The Morgan fingerprint density at radius 2 is 1.86 bits per heavy atom. The predicted molar refractivity (Wildman–Crippen MR) is 109 cm³/mol. The quantitative estimate of drug-likeness (QED) is 0.483. The molecule has 3 aromatic rings. The van der Waals surface area contributed by atoms with E-state index in [1.165, 1.54) is 0 Å². The molecule has 0 spiro atoms. The van der Waals surface area contributed by atoms with Crippen molar-refractivity contribution < 1.29 is 19.1 Å². The van der Waals surface area contributed by atoms with Gasteiger partial charge in [0.1, 0.15) is 11.3 Å². The summed E-state index contributed by atoms with van der Waals surface area (Å²) >= 11 is 0. The molecule has 0 radical (unpaired) electrons. The van der Waals surface area contributed by atoms with E-state index in [9.17, 15) is 14.7 Å². The largest absolute Gasteiger partial charge is 0.483 e. The van der Waals surface area contributed by atoms with Crippen LogP contribution in [-0.2, 0) is 4.79 Å². The van der Waals surface area contributed by atoms with Gasteiger partial charge in [0, 0.05) is 10.9 Å². The second kappa shape index (κ2) is 8.44. The fraction of sp³-hybridized carbons (Fsp3) is 0.364. The molecular formula is C22H25NO5. The molecule has 2 N–H and O–H groups in total. The molecule has 0 aliphatic rings. The first-order valence-electron chi connectivity index (χ1n) is 9.39. The topological polar surface area (TPSA) is 88.8 Å². The van der Waals surface area contributed by atoms with Gasteiger partial charge in [-0.15, -0.1) is 0 Å². The minimum absolute atomic E-state index is 0.114. The van der Waals surface area contributed by atoms with Crippen LogP contribution in [0.3, 0.4) is 0 Å². The molecule has 0 bridgehead atoms. The molecule has 3 rings (SSSR count). The van der Waals surface area contributed by atoms with Crippen molar-refractivity contribution in [2.24, 2.45) is 5.92 Å². The van der Waals surface area contributed by atoms with Crippen molar-refractivity contribution in [3.05, 3.63) is 52.4 Å². The average molecular weight is 383 g/mol. The number of aliphatic hydroxyl groups is 1. The second-order valence-electron chi connectivity index (χ2n) is 7.37. The number of benzene rings is 2. The van der Waals surface area contributed by atoms with Crippen LogP contribution in [0, 0.1) is 12.8 Å². The Kier molecular flexibility index (Phi) is 5.99. The fourth-order valence-electron chi connectivity index (χ4n) is 3.38. The highest BCUT2D eigenvalue weighted by Gasteiger charge is 2.16. The van der Waals surface area contributed by atoms with Crippen LogP contribution < -0.4 is 15.7 Å². The molecule has 2 aromatic carbocycles. The highest BCUT2D eigenvalue weighted by Crippen LogP contribution is 2.30. The van der Waals surface area contributed by atoms with Crippen molar-refractivity contribution in [3.63, 3.8) is 0 Å². The van der Waals surface area contributed by atoms with Gasteiger partial charge in [0.15, 0.2) is 6.61 Å². The van der Waals surface area contributed by atoms with Gasteiger partial charge in [0.05, 0.1) is 18.0 Å². The molecule has 0 aliphatic carbocycles. The Bertz CT molecular complexity index is 1050. The SMILES string of the molecule is Cc1c(OCC(=O)NC(CO)CC(C)C)ccc2c1oc(=O)c1ccccc12. The molecule has 0 saturated heterocycles. The van der Waals surface area contributed by atoms with E-state index in [4.69, 9.17) is 9.15 Å². The monoisotopic (exact) mass is 383 g/mol. The minimum Gasteiger partial charge on any atom is -0.483 e. The Hall–Kier alpha value is -2.86. The maximum Gasteiger partial charge on any atom is 0.344 e. The zero-order valence-electron chi connectivity index (χ0n) is 16.3. The van der Waals surface area contributed by atoms with Crippen LogP contribution in [0.25, 0.3) is 21.7 Å². The lowest BCUT2D eigenvalue weighted by molar-refractivity contribution is -0.124. The summed E-state index contributed by atoms with van der Waals surface area (Å²) in [6.45, 7) is 5.56. The number of aliphatic hydroxyl groups excluding tert-OH is 1. The highest BCUT2D eigenvalue weighted by atomic mass is 16.5. The molecule has 0 aliphatic heterocycles. The van der Waals surface area contributed by atoms with Gasteiger partial charge in [-0.3, -0.25) is 4.79 Å². The number of ether oxygens (including phenoxy) is 1. The number of hydrogen-bond acceptors (Lipinski definition) is 5. The van der Waals surface area contributed by atoms with Crippen LogP contribution in [0.1, 0.15) is 25.8 Å². The fourth-order valence-corrected chi connectivity index (χ4v) is 3.38. The standard InChI is InChI=1S/C22H25NO5/c1-13(2)10-15(11-24)23-20(25)12-27-19-9-8-17-16-6-4-5-7-18(16)22(26)28-21(17)14(19)3/h4-9,13,15,24H,10-12H2,1-3H3,(H,23,25). The van der Waals surface area contributed by atoms with Gasteiger partial charge in [-0.05, 0) is 42.8 Å². The number of nitrogens with one attached hydrogen (secondary N) is 1. The summed E-state index contributed by atoms with van der Waals surface area (Å²) in [7, 11) is 0. The van der Waals surface area contributed by atoms with Crippen molar-refractivity contribution in [2.45, 2.75) is 33.2 Å². The summed E-state index contributed by atoms with van der Waals surface area (Å²) in [6, 6.07) is 10.6. The molecule has 1 heterocycles. The maximum atomic E-state index is 12.3. The summed E-state index contributed by atoms with van der Waals surface area (Å²) < 4.78 is 11.2. The van der Waals surface area contributed by atoms with Crippen LogP contribution >= 0.6 is 0 Å². The third-order valence-corrected chi connectivity index (χ3v) is 4.69. The number of carbonyl (C=O) groups excluding carboxylic acids is 1. The summed E-state index contributed by atoms with van der Waals surface area (Å²) in [4.78, 5) is 24.4. The summed E-state index contributed by atoms with van der Waals surface area (Å²) in [5.41, 5.74) is 0.712. The molecule has 6 nitrogen and oxygen atoms in total. The maximum absolute atomic E-state index is 12.3. The van der Waals surface area contributed by atoms with Gasteiger partial charge in [-0.1, -0.05) is 32.0 Å². The third-order valence-electron chi connectivity index (χ3n) is 4.69. The van der Waals surface area contributed by atoms with E-state index < -0.39 is 5.63 Å². The Labute approximate surface area is 163 Å². The minimum atomic E-state index is -0.402. The van der Waals surface area contributed by atoms with E-state index in [2.05, 4.69) is 5.32 Å². The van der Waals surface area contributed by atoms with Gasteiger partial charge in [-0.2, -0.15) is 0 Å². The van der Waals surface area contributed by atoms with Crippen molar-refractivity contribution in [1.82, 2.24) is 5.32 Å². The predicted octanol–water partition coefficient (Wildman–Crippen LogP) is 3.16. The molecule has 28 heavy (non-hydrogen) atoms. The molecule has 0 fully saturated rings. The van der Waals surface area contributed by atoms with Crippen LogP contribution in [0.15, 0.2) is 45.6 Å². The van der Waals surface area contributed by atoms with Gasteiger partial charge in [-0.25, -0.2) is 4.79 Å². The number of hydrogen-bond donors (Lipinski definition) is 2. The van der Waals surface area contributed by atoms with Crippen LogP contribution in [-0.4, -0.2) is 30.3 Å². The van der Waals surface area contributed by atoms with Gasteiger partial charge in [0.25, 0.3) is 5.91 Å². The van der Waals surface area contributed by atoms with Crippen molar-refractivity contribution in [1.29, 1.82) is 0 Å². The van der Waals surface area contributed by atoms with E-state index in [1.54, 1.807) is 25.1 Å². The van der Waals surface area contributed by atoms with Crippen LogP contribution in [0.4, 0.5) is 0 Å². The number of aryl methyl sites for hydroxylation is 1. The number of fused-ring (bicyclic) bond motifs is 3. The summed E-state index contributed by atoms with van der Waals surface area (Å²) in [5, 5.41) is 14.3. The lowest BCUT2D eigenvalue weighted by atomic mass is 10.0. The lowest BCUT2D eigenvalue weighted by Crippen LogP contribution is -2.40. The molecule has 1 aromatic heterocycles. The van der Waals surface area contributed by atoms with E-state index in [1.807, 2.05) is 32.0 Å². The first kappa shape index (κ1) is 19.9. The van der Waals surface area contributed by atoms with E-state index in [0.717, 1.165) is 10.8 Å². The Morgan fingerprint density at radius 3 is 2.54 bits per heavy atom. The van der Waals surface area contributed by atoms with Crippen molar-refractivity contribution in [2.75, 3.05) is 13.2 Å². The molecule has 1 atom stereocenters. The van der Waals surface area contributed by atoms with Gasteiger partial charge in [0.2, 0.25) is 0 Å². The smallest absolute Gasteiger partial charge is 0.344 e. The zero-order valence-corrected chi connectivity index (χ0v) is 16.3. The molecule has 148 valence electrons. The van der Waals surface area contributed by atoms with Crippen LogP contribution in [0.5, 0.6) is 5.75 Å². The lowest BCUT2D eigenvalue weighted by Gasteiger charge is -2.18. The van der Waals surface area contributed by atoms with Gasteiger partial charge < -0.3 is 19.6 Å². The summed E-state index contributed by atoms with van der Waals surface area (Å²) in [5.74, 6) is 0.531. The van der Waals surface area contributed by atoms with Crippen molar-refractivity contribution in [3.8, 4) is 5.75 Å². The molecule has 1 amide bonds. The molecule has 0 saturated carbocycles. The van der Waals surface area contributed by atoms with Crippen molar-refractivity contribution >= 4 is 27.6 Å². The first-order valence-corrected chi connectivity index (χ1v) is 9.39. The normalized spacial score (nSPS) is 12.5. The van der Waals surface area contributed by atoms with Crippen LogP contribution in [0.2, 0.25) is 0 Å².